The number of carbonyl (C=O) groups is 1. The minimum Gasteiger partial charge on any atom is -0.480 e. The molecule has 0 aromatic carbocycles. The molecule has 1 heterocycles. The lowest BCUT2D eigenvalue weighted by atomic mass is 10.2. The van der Waals surface area contributed by atoms with Crippen molar-refractivity contribution >= 4 is 17.3 Å². The van der Waals surface area contributed by atoms with E-state index in [0.29, 0.717) is 6.42 Å². The minimum atomic E-state index is -0.983. The van der Waals surface area contributed by atoms with Gasteiger partial charge in [-0.05, 0) is 6.92 Å². The van der Waals surface area contributed by atoms with E-state index in [-0.39, 0.29) is 0 Å². The Bertz CT molecular complexity index is 285. The van der Waals surface area contributed by atoms with Crippen LogP contribution in [0.5, 0.6) is 0 Å². The molecule has 1 atom stereocenters. The molecule has 0 spiro atoms. The van der Waals surface area contributed by atoms with Gasteiger partial charge in [-0.1, -0.05) is 0 Å². The molecule has 4 nitrogen and oxygen atoms in total. The number of rotatable bonds is 3. The van der Waals surface area contributed by atoms with Crippen LogP contribution in [-0.4, -0.2) is 22.1 Å². The molecule has 1 aromatic rings. The van der Waals surface area contributed by atoms with E-state index in [1.807, 2.05) is 6.92 Å². The van der Waals surface area contributed by atoms with Crippen molar-refractivity contribution in [3.8, 4) is 0 Å². The number of hydrogen-bond acceptors (Lipinski definition) is 4. The molecular formula is C7H10N2O2S. The molecule has 3 N–H and O–H groups in total. The van der Waals surface area contributed by atoms with Crippen molar-refractivity contribution in [2.75, 3.05) is 0 Å². The summed E-state index contributed by atoms with van der Waals surface area (Å²) in [5, 5.41) is 9.28. The summed E-state index contributed by atoms with van der Waals surface area (Å²) < 4.78 is 0. The fourth-order valence-corrected chi connectivity index (χ4v) is 1.62. The molecule has 0 saturated carbocycles. The number of aliphatic carboxylic acids is 1. The van der Waals surface area contributed by atoms with Crippen molar-refractivity contribution in [3.05, 3.63) is 16.1 Å². The summed E-state index contributed by atoms with van der Waals surface area (Å²) in [7, 11) is 0. The Balaban J connectivity index is 2.58. The summed E-state index contributed by atoms with van der Waals surface area (Å²) in [5.74, 6) is -0.983. The van der Waals surface area contributed by atoms with Gasteiger partial charge in [0.05, 0.1) is 5.01 Å². The molecule has 5 heteroatoms. The monoisotopic (exact) mass is 186 g/mol. The standard InChI is InChI=1S/C7H10N2O2S/c1-4-3-9-6(12-4)2-5(8)7(10)11/h3,5H,2,8H2,1H3,(H,10,11)/t5-/m0/s1. The van der Waals surface area contributed by atoms with Crippen LogP contribution in [0.15, 0.2) is 6.20 Å². The van der Waals surface area contributed by atoms with Crippen molar-refractivity contribution in [2.45, 2.75) is 19.4 Å². The first-order valence-electron chi connectivity index (χ1n) is 3.49. The molecular weight excluding hydrogens is 176 g/mol. The second-order valence-electron chi connectivity index (χ2n) is 2.51. The smallest absolute Gasteiger partial charge is 0.320 e. The number of thiazole rings is 1. The Morgan fingerprint density at radius 1 is 1.92 bits per heavy atom. The summed E-state index contributed by atoms with van der Waals surface area (Å²) in [4.78, 5) is 15.4. The molecule has 0 fully saturated rings. The van der Waals surface area contributed by atoms with Gasteiger partial charge in [0.1, 0.15) is 6.04 Å². The molecule has 66 valence electrons. The largest absolute Gasteiger partial charge is 0.480 e. The van der Waals surface area contributed by atoms with Gasteiger partial charge in [-0.2, -0.15) is 0 Å². The molecule has 0 unspecified atom stereocenters. The molecule has 0 aliphatic heterocycles. The Labute approximate surface area is 74.0 Å². The number of nitrogens with two attached hydrogens (primary N) is 1. The predicted octanol–water partition coefficient (Wildman–Crippen LogP) is 0.406. The van der Waals surface area contributed by atoms with Crippen LogP contribution in [0.3, 0.4) is 0 Å². The van der Waals surface area contributed by atoms with Crippen molar-refractivity contribution in [2.24, 2.45) is 5.73 Å². The zero-order chi connectivity index (χ0) is 9.14. The maximum absolute atomic E-state index is 10.4. The third-order valence-corrected chi connectivity index (χ3v) is 2.32. The first-order chi connectivity index (χ1) is 5.59. The molecule has 1 aromatic heterocycles. The van der Waals surface area contributed by atoms with E-state index in [1.54, 1.807) is 6.20 Å². The first-order valence-corrected chi connectivity index (χ1v) is 4.31. The number of hydrogen-bond donors (Lipinski definition) is 2. The van der Waals surface area contributed by atoms with Crippen LogP contribution >= 0.6 is 11.3 Å². The lowest BCUT2D eigenvalue weighted by Gasteiger charge is -2.01. The maximum atomic E-state index is 10.4. The van der Waals surface area contributed by atoms with Gasteiger partial charge in [-0.3, -0.25) is 4.79 Å². The van der Waals surface area contributed by atoms with E-state index in [2.05, 4.69) is 4.98 Å². The van der Waals surface area contributed by atoms with E-state index in [4.69, 9.17) is 10.8 Å². The molecule has 0 aliphatic rings. The van der Waals surface area contributed by atoms with Gasteiger partial charge < -0.3 is 10.8 Å². The van der Waals surface area contributed by atoms with Crippen LogP contribution in [0.1, 0.15) is 9.88 Å². The third kappa shape index (κ3) is 2.28. The lowest BCUT2D eigenvalue weighted by Crippen LogP contribution is -2.32. The highest BCUT2D eigenvalue weighted by atomic mass is 32.1. The Kier molecular flexibility index (Phi) is 2.78. The second kappa shape index (κ2) is 3.64. The zero-order valence-corrected chi connectivity index (χ0v) is 7.47. The highest BCUT2D eigenvalue weighted by Gasteiger charge is 2.13. The van der Waals surface area contributed by atoms with Crippen LogP contribution in [0.4, 0.5) is 0 Å². The van der Waals surface area contributed by atoms with Crippen molar-refractivity contribution in [3.63, 3.8) is 0 Å². The quantitative estimate of drug-likeness (QED) is 0.716. The lowest BCUT2D eigenvalue weighted by molar-refractivity contribution is -0.138. The van der Waals surface area contributed by atoms with Gasteiger partial charge in [0, 0.05) is 17.5 Å². The predicted molar refractivity (Wildman–Crippen MR) is 46.2 cm³/mol. The molecule has 0 bridgehead atoms. The number of nitrogens with zero attached hydrogens (tertiary/aromatic N) is 1. The Morgan fingerprint density at radius 3 is 3.00 bits per heavy atom. The van der Waals surface area contributed by atoms with Crippen LogP contribution in [0.2, 0.25) is 0 Å². The Hall–Kier alpha value is -0.940. The summed E-state index contributed by atoms with van der Waals surface area (Å²) in [6, 6.07) is -0.837. The highest BCUT2D eigenvalue weighted by molar-refractivity contribution is 7.11. The van der Waals surface area contributed by atoms with Gasteiger partial charge in [-0.25, -0.2) is 4.98 Å². The normalized spacial score (nSPS) is 12.8. The van der Waals surface area contributed by atoms with E-state index in [9.17, 15) is 4.79 Å². The van der Waals surface area contributed by atoms with Crippen LogP contribution in [-0.2, 0) is 11.2 Å². The SMILES string of the molecule is Cc1cnc(C[C@H](N)C(=O)O)s1. The average Bonchev–Trinajstić information content (AvgIpc) is 2.35. The van der Waals surface area contributed by atoms with E-state index in [0.717, 1.165) is 9.88 Å². The number of carboxylic acid groups (broad SMARTS) is 1. The van der Waals surface area contributed by atoms with E-state index < -0.39 is 12.0 Å². The van der Waals surface area contributed by atoms with Gasteiger partial charge in [-0.15, -0.1) is 11.3 Å². The molecule has 0 aliphatic carbocycles. The van der Waals surface area contributed by atoms with Crippen molar-refractivity contribution < 1.29 is 9.90 Å². The number of aromatic nitrogens is 1. The summed E-state index contributed by atoms with van der Waals surface area (Å²) in [6.07, 6.45) is 2.03. The fraction of sp³-hybridized carbons (Fsp3) is 0.429. The van der Waals surface area contributed by atoms with Crippen molar-refractivity contribution in [1.29, 1.82) is 0 Å². The van der Waals surface area contributed by atoms with Gasteiger partial charge in [0.2, 0.25) is 0 Å². The molecule has 0 radical (unpaired) electrons. The third-order valence-electron chi connectivity index (χ3n) is 1.38. The topological polar surface area (TPSA) is 76.2 Å². The minimum absolute atomic E-state index is 0.313. The second-order valence-corrected chi connectivity index (χ2v) is 3.83. The van der Waals surface area contributed by atoms with Crippen LogP contribution < -0.4 is 5.73 Å². The van der Waals surface area contributed by atoms with Crippen molar-refractivity contribution in [1.82, 2.24) is 4.98 Å². The summed E-state index contributed by atoms with van der Waals surface area (Å²) in [5.41, 5.74) is 5.32. The van der Waals surface area contributed by atoms with Gasteiger partial charge in [0.15, 0.2) is 0 Å². The first kappa shape index (κ1) is 9.15. The zero-order valence-electron chi connectivity index (χ0n) is 6.65. The molecule has 12 heavy (non-hydrogen) atoms. The molecule has 0 amide bonds. The maximum Gasteiger partial charge on any atom is 0.320 e. The van der Waals surface area contributed by atoms with E-state index >= 15 is 0 Å². The van der Waals surface area contributed by atoms with Gasteiger partial charge in [0.25, 0.3) is 0 Å². The van der Waals surface area contributed by atoms with Gasteiger partial charge >= 0.3 is 5.97 Å². The highest BCUT2D eigenvalue weighted by Crippen LogP contribution is 2.12. The van der Waals surface area contributed by atoms with Crippen LogP contribution in [0.25, 0.3) is 0 Å². The molecule has 1 rings (SSSR count). The average molecular weight is 186 g/mol. The Morgan fingerprint density at radius 2 is 2.58 bits per heavy atom. The van der Waals surface area contributed by atoms with E-state index in [1.165, 1.54) is 11.3 Å². The summed E-state index contributed by atoms with van der Waals surface area (Å²) >= 11 is 1.48. The fourth-order valence-electron chi connectivity index (χ4n) is 0.771. The number of carboxylic acids is 1. The van der Waals surface area contributed by atoms with Crippen LogP contribution in [0, 0.1) is 6.92 Å². The summed E-state index contributed by atoms with van der Waals surface area (Å²) in [6.45, 7) is 1.92. The molecule has 0 saturated heterocycles. The number of aryl methyl sites for hydroxylation is 1.